The topological polar surface area (TPSA) is 46.5 Å². The van der Waals surface area contributed by atoms with Crippen LogP contribution >= 0.6 is 0 Å². The summed E-state index contributed by atoms with van der Waals surface area (Å²) in [6.07, 6.45) is 3.41. The van der Waals surface area contributed by atoms with E-state index in [0.717, 1.165) is 11.3 Å². The number of benzene rings is 1. The van der Waals surface area contributed by atoms with Gasteiger partial charge in [0.1, 0.15) is 5.75 Å². The molecule has 0 aliphatic heterocycles. The van der Waals surface area contributed by atoms with Crippen LogP contribution in [0.15, 0.2) is 30.3 Å². The molecule has 0 amide bonds. The first kappa shape index (κ1) is 10.3. The molecule has 0 heterocycles. The van der Waals surface area contributed by atoms with Gasteiger partial charge < -0.3 is 9.84 Å². The highest BCUT2D eigenvalue weighted by atomic mass is 16.5. The number of aliphatic carboxylic acids is 1. The van der Waals surface area contributed by atoms with Gasteiger partial charge in [-0.15, -0.1) is 0 Å². The minimum Gasteiger partial charge on any atom is -0.497 e. The number of carboxylic acid groups (broad SMARTS) is 1. The Hall–Kier alpha value is -1.77. The van der Waals surface area contributed by atoms with Crippen LogP contribution in [0, 0.1) is 0 Å². The molecular formula is C11H12O3. The van der Waals surface area contributed by atoms with Gasteiger partial charge in [-0.05, 0) is 17.7 Å². The van der Waals surface area contributed by atoms with Crippen molar-refractivity contribution in [1.29, 1.82) is 0 Å². The zero-order chi connectivity index (χ0) is 10.4. The molecule has 0 aromatic heterocycles. The molecule has 1 aromatic rings. The third kappa shape index (κ3) is 3.31. The van der Waals surface area contributed by atoms with Gasteiger partial charge in [-0.25, -0.2) is 0 Å². The van der Waals surface area contributed by atoms with Gasteiger partial charge in [0.15, 0.2) is 0 Å². The maximum Gasteiger partial charge on any atom is 0.307 e. The van der Waals surface area contributed by atoms with Crippen molar-refractivity contribution in [1.82, 2.24) is 0 Å². The number of ether oxygens (including phenoxy) is 1. The number of hydrogen-bond donors (Lipinski definition) is 1. The Labute approximate surface area is 82.6 Å². The maximum absolute atomic E-state index is 10.2. The van der Waals surface area contributed by atoms with Crippen molar-refractivity contribution < 1.29 is 14.6 Å². The van der Waals surface area contributed by atoms with E-state index in [1.165, 1.54) is 0 Å². The fraction of sp³-hybridized carbons (Fsp3) is 0.182. The Morgan fingerprint density at radius 2 is 2.36 bits per heavy atom. The van der Waals surface area contributed by atoms with Crippen LogP contribution in [0.25, 0.3) is 6.08 Å². The van der Waals surface area contributed by atoms with E-state index in [-0.39, 0.29) is 6.42 Å². The first-order valence-electron chi connectivity index (χ1n) is 4.25. The third-order valence-electron chi connectivity index (χ3n) is 1.70. The average Bonchev–Trinajstić information content (AvgIpc) is 2.18. The summed E-state index contributed by atoms with van der Waals surface area (Å²) < 4.78 is 5.03. The molecule has 0 spiro atoms. The molecule has 14 heavy (non-hydrogen) atoms. The highest BCUT2D eigenvalue weighted by molar-refractivity contribution is 5.70. The Morgan fingerprint density at radius 3 is 3.00 bits per heavy atom. The summed E-state index contributed by atoms with van der Waals surface area (Å²) in [5.74, 6) is -0.0633. The molecule has 1 aromatic carbocycles. The number of methoxy groups -OCH3 is 1. The monoisotopic (exact) mass is 192 g/mol. The van der Waals surface area contributed by atoms with Gasteiger partial charge in [0.2, 0.25) is 0 Å². The minimum absolute atomic E-state index is 0.0389. The smallest absolute Gasteiger partial charge is 0.307 e. The summed E-state index contributed by atoms with van der Waals surface area (Å²) >= 11 is 0. The largest absolute Gasteiger partial charge is 0.497 e. The molecular weight excluding hydrogens is 180 g/mol. The van der Waals surface area contributed by atoms with Gasteiger partial charge in [0.05, 0.1) is 13.5 Å². The summed E-state index contributed by atoms with van der Waals surface area (Å²) in [4.78, 5) is 10.2. The highest BCUT2D eigenvalue weighted by Gasteiger charge is 1.92. The van der Waals surface area contributed by atoms with Gasteiger partial charge in [0, 0.05) is 0 Å². The minimum atomic E-state index is -0.829. The number of rotatable bonds is 4. The number of carboxylic acids is 1. The van der Waals surface area contributed by atoms with E-state index in [1.54, 1.807) is 19.3 Å². The Balaban J connectivity index is 2.66. The van der Waals surface area contributed by atoms with E-state index >= 15 is 0 Å². The van der Waals surface area contributed by atoms with E-state index < -0.39 is 5.97 Å². The third-order valence-corrected chi connectivity index (χ3v) is 1.70. The first-order chi connectivity index (χ1) is 6.72. The van der Waals surface area contributed by atoms with Gasteiger partial charge in [-0.3, -0.25) is 4.79 Å². The summed E-state index contributed by atoms with van der Waals surface area (Å²) in [6, 6.07) is 7.44. The standard InChI is InChI=1S/C11H12O3/c1-14-10-6-2-4-9(8-10)5-3-7-11(12)13/h2-6,8H,7H2,1H3,(H,12,13)/b5-3+. The lowest BCUT2D eigenvalue weighted by Crippen LogP contribution is -1.89. The summed E-state index contributed by atoms with van der Waals surface area (Å²) in [7, 11) is 1.60. The average molecular weight is 192 g/mol. The van der Waals surface area contributed by atoms with Crippen LogP contribution in [-0.2, 0) is 4.79 Å². The van der Waals surface area contributed by atoms with Crippen molar-refractivity contribution in [3.8, 4) is 5.75 Å². The molecule has 0 saturated carbocycles. The molecule has 1 N–H and O–H groups in total. The Bertz CT molecular complexity index is 342. The summed E-state index contributed by atoms with van der Waals surface area (Å²) in [5, 5.41) is 8.42. The van der Waals surface area contributed by atoms with Gasteiger partial charge >= 0.3 is 5.97 Å². The molecule has 0 aliphatic rings. The summed E-state index contributed by atoms with van der Waals surface area (Å²) in [5.41, 5.74) is 0.936. The van der Waals surface area contributed by atoms with E-state index in [2.05, 4.69) is 0 Å². The fourth-order valence-electron chi connectivity index (χ4n) is 1.04. The van der Waals surface area contributed by atoms with Crippen molar-refractivity contribution >= 4 is 12.0 Å². The van der Waals surface area contributed by atoms with Crippen LogP contribution in [-0.4, -0.2) is 18.2 Å². The van der Waals surface area contributed by atoms with Gasteiger partial charge in [-0.1, -0.05) is 24.3 Å². The number of carbonyl (C=O) groups is 1. The maximum atomic E-state index is 10.2. The van der Waals surface area contributed by atoms with Crippen LogP contribution < -0.4 is 4.74 Å². The lowest BCUT2D eigenvalue weighted by molar-refractivity contribution is -0.135. The molecule has 0 fully saturated rings. The predicted octanol–water partition coefficient (Wildman–Crippen LogP) is 2.18. The molecule has 0 bridgehead atoms. The van der Waals surface area contributed by atoms with Crippen LogP contribution in [0.1, 0.15) is 12.0 Å². The van der Waals surface area contributed by atoms with Crippen molar-refractivity contribution in [3.05, 3.63) is 35.9 Å². The Kier molecular flexibility index (Phi) is 3.73. The van der Waals surface area contributed by atoms with Gasteiger partial charge in [0.25, 0.3) is 0 Å². The normalized spacial score (nSPS) is 10.4. The van der Waals surface area contributed by atoms with E-state index in [9.17, 15) is 4.79 Å². The number of hydrogen-bond acceptors (Lipinski definition) is 2. The lowest BCUT2D eigenvalue weighted by atomic mass is 10.2. The molecule has 0 saturated heterocycles. The van der Waals surface area contributed by atoms with Crippen LogP contribution in [0.2, 0.25) is 0 Å². The quantitative estimate of drug-likeness (QED) is 0.795. The second-order valence-electron chi connectivity index (χ2n) is 2.78. The molecule has 74 valence electrons. The molecule has 0 unspecified atom stereocenters. The van der Waals surface area contributed by atoms with E-state index in [1.807, 2.05) is 24.3 Å². The van der Waals surface area contributed by atoms with E-state index in [0.29, 0.717) is 0 Å². The second kappa shape index (κ2) is 5.07. The van der Waals surface area contributed by atoms with Crippen LogP contribution in [0.5, 0.6) is 5.75 Å². The zero-order valence-corrected chi connectivity index (χ0v) is 7.93. The van der Waals surface area contributed by atoms with Crippen molar-refractivity contribution in [2.24, 2.45) is 0 Å². The van der Waals surface area contributed by atoms with Crippen molar-refractivity contribution in [2.75, 3.05) is 7.11 Å². The first-order valence-corrected chi connectivity index (χ1v) is 4.25. The fourth-order valence-corrected chi connectivity index (χ4v) is 1.04. The summed E-state index contributed by atoms with van der Waals surface area (Å²) in [6.45, 7) is 0. The van der Waals surface area contributed by atoms with Gasteiger partial charge in [-0.2, -0.15) is 0 Å². The molecule has 1 rings (SSSR count). The van der Waals surface area contributed by atoms with Crippen molar-refractivity contribution in [2.45, 2.75) is 6.42 Å². The second-order valence-corrected chi connectivity index (χ2v) is 2.78. The van der Waals surface area contributed by atoms with Crippen LogP contribution in [0.3, 0.4) is 0 Å². The SMILES string of the molecule is COc1cccc(/C=C/CC(=O)O)c1. The van der Waals surface area contributed by atoms with E-state index in [4.69, 9.17) is 9.84 Å². The molecule has 0 radical (unpaired) electrons. The molecule has 3 heteroatoms. The molecule has 0 aliphatic carbocycles. The molecule has 3 nitrogen and oxygen atoms in total. The van der Waals surface area contributed by atoms with Crippen LogP contribution in [0.4, 0.5) is 0 Å². The lowest BCUT2D eigenvalue weighted by Gasteiger charge is -1.99. The zero-order valence-electron chi connectivity index (χ0n) is 7.93. The highest BCUT2D eigenvalue weighted by Crippen LogP contribution is 2.13. The van der Waals surface area contributed by atoms with Crippen molar-refractivity contribution in [3.63, 3.8) is 0 Å². The predicted molar refractivity (Wildman–Crippen MR) is 54.3 cm³/mol. The molecule has 0 atom stereocenters. The Morgan fingerprint density at radius 1 is 1.57 bits per heavy atom.